The average Bonchev–Trinajstić information content (AvgIpc) is 3.01. The molecule has 4 aromatic rings. The summed E-state index contributed by atoms with van der Waals surface area (Å²) in [5.74, 6) is 1.01. The second-order valence-electron chi connectivity index (χ2n) is 10.4. The first-order valence-electron chi connectivity index (χ1n) is 14.0. The third kappa shape index (κ3) is 7.90. The number of piperidine rings is 1. The lowest BCUT2D eigenvalue weighted by atomic mass is 10.0. The third-order valence-corrected chi connectivity index (χ3v) is 7.82. The Morgan fingerprint density at radius 1 is 1.05 bits per heavy atom. The largest absolute Gasteiger partial charge is 0.489 e. The van der Waals surface area contributed by atoms with E-state index in [-0.39, 0.29) is 18.1 Å². The molecule has 11 nitrogen and oxygen atoms in total. The molecule has 2 unspecified atom stereocenters. The summed E-state index contributed by atoms with van der Waals surface area (Å²) in [5.41, 5.74) is 3.26. The van der Waals surface area contributed by atoms with Crippen molar-refractivity contribution in [3.63, 3.8) is 0 Å². The van der Waals surface area contributed by atoms with Gasteiger partial charge in [0.1, 0.15) is 12.8 Å². The van der Waals surface area contributed by atoms with Crippen LogP contribution in [0.15, 0.2) is 77.9 Å². The lowest BCUT2D eigenvalue weighted by Gasteiger charge is -2.38. The molecule has 5 rings (SSSR count). The number of nitrogens with zero attached hydrogens (tertiary/aromatic N) is 6. The van der Waals surface area contributed by atoms with E-state index in [0.29, 0.717) is 29.4 Å². The van der Waals surface area contributed by atoms with Crippen molar-refractivity contribution in [1.29, 1.82) is 5.26 Å². The monoisotopic (exact) mass is 600 g/mol. The maximum absolute atomic E-state index is 12.6. The Bertz CT molecular complexity index is 1790. The molecule has 0 saturated carbocycles. The second-order valence-corrected chi connectivity index (χ2v) is 12.0. The molecule has 3 heterocycles. The number of hydrogen-bond acceptors (Lipinski definition) is 10. The topological polar surface area (TPSA) is 140 Å². The summed E-state index contributed by atoms with van der Waals surface area (Å²) in [5, 5.41) is 13.7. The first kappa shape index (κ1) is 30.0. The molecular weight excluding hydrogens is 568 g/mol. The molecule has 0 N–H and O–H groups in total. The minimum Gasteiger partial charge on any atom is -0.489 e. The van der Waals surface area contributed by atoms with Crippen LogP contribution in [0.5, 0.6) is 5.75 Å². The van der Waals surface area contributed by atoms with E-state index < -0.39 is 16.3 Å². The molecule has 1 aliphatic rings. The Kier molecular flexibility index (Phi) is 9.25. The van der Waals surface area contributed by atoms with Gasteiger partial charge < -0.3 is 4.74 Å². The van der Waals surface area contributed by atoms with Crippen molar-refractivity contribution in [3.8, 4) is 34.5 Å². The van der Waals surface area contributed by atoms with Gasteiger partial charge in [0.2, 0.25) is 0 Å². The van der Waals surface area contributed by atoms with Crippen LogP contribution in [0.3, 0.4) is 0 Å². The van der Waals surface area contributed by atoms with E-state index in [1.165, 1.54) is 10.7 Å². The number of rotatable bonds is 10. The number of benzene rings is 2. The van der Waals surface area contributed by atoms with Crippen molar-refractivity contribution in [1.82, 2.24) is 24.6 Å². The minimum atomic E-state index is -3.57. The molecule has 1 saturated heterocycles. The molecule has 0 bridgehead atoms. The molecule has 2 aromatic heterocycles. The van der Waals surface area contributed by atoms with Crippen molar-refractivity contribution >= 4 is 10.1 Å². The highest BCUT2D eigenvalue weighted by molar-refractivity contribution is 7.86. The van der Waals surface area contributed by atoms with Crippen molar-refractivity contribution in [3.05, 3.63) is 94.5 Å². The molecule has 0 aliphatic carbocycles. The fourth-order valence-electron chi connectivity index (χ4n) is 5.17. The van der Waals surface area contributed by atoms with Crippen molar-refractivity contribution in [2.24, 2.45) is 0 Å². The predicted molar refractivity (Wildman–Crippen MR) is 160 cm³/mol. The Hall–Kier alpha value is -4.44. The highest BCUT2D eigenvalue weighted by atomic mass is 32.2. The van der Waals surface area contributed by atoms with Gasteiger partial charge in [-0.2, -0.15) is 18.8 Å². The van der Waals surface area contributed by atoms with E-state index >= 15 is 0 Å². The van der Waals surface area contributed by atoms with Gasteiger partial charge in [0.15, 0.2) is 11.6 Å². The molecule has 1 aliphatic heterocycles. The van der Waals surface area contributed by atoms with Crippen LogP contribution in [-0.4, -0.2) is 64.7 Å². The van der Waals surface area contributed by atoms with Crippen LogP contribution in [0, 0.1) is 11.3 Å². The smallest absolute Gasteiger partial charge is 0.267 e. The van der Waals surface area contributed by atoms with Gasteiger partial charge in [0.05, 0.1) is 42.5 Å². The van der Waals surface area contributed by atoms with E-state index in [2.05, 4.69) is 21.1 Å². The molecule has 2 aromatic carbocycles. The number of likely N-dealkylation sites (tertiary alicyclic amines) is 1. The molecule has 43 heavy (non-hydrogen) atoms. The van der Waals surface area contributed by atoms with E-state index in [1.807, 2.05) is 35.2 Å². The number of nitriles is 1. The maximum atomic E-state index is 12.6. The maximum Gasteiger partial charge on any atom is 0.267 e. The van der Waals surface area contributed by atoms with Crippen LogP contribution in [0.2, 0.25) is 0 Å². The molecule has 12 heteroatoms. The van der Waals surface area contributed by atoms with Crippen LogP contribution < -0.4 is 10.3 Å². The molecule has 222 valence electrons. The number of aromatic nitrogens is 4. The summed E-state index contributed by atoms with van der Waals surface area (Å²) in [4.78, 5) is 23.6. The molecule has 2 atom stereocenters. The van der Waals surface area contributed by atoms with Gasteiger partial charge >= 0.3 is 0 Å². The highest BCUT2D eigenvalue weighted by Crippen LogP contribution is 2.23. The van der Waals surface area contributed by atoms with Gasteiger partial charge in [0, 0.05) is 29.8 Å². The minimum absolute atomic E-state index is 0.00709. The lowest BCUT2D eigenvalue weighted by Crippen LogP contribution is -2.49. The zero-order valence-electron chi connectivity index (χ0n) is 24.0. The average molecular weight is 601 g/mol. The number of hydrogen-bond donors (Lipinski definition) is 0. The van der Waals surface area contributed by atoms with Gasteiger partial charge in [-0.15, -0.1) is 0 Å². The van der Waals surface area contributed by atoms with Crippen molar-refractivity contribution in [2.45, 2.75) is 45.0 Å². The van der Waals surface area contributed by atoms with E-state index in [0.717, 1.165) is 48.8 Å². The van der Waals surface area contributed by atoms with Gasteiger partial charge in [-0.3, -0.25) is 13.9 Å². The summed E-state index contributed by atoms with van der Waals surface area (Å²) in [6.45, 7) is 3.08. The molecule has 0 spiro atoms. The van der Waals surface area contributed by atoms with Crippen molar-refractivity contribution in [2.75, 3.05) is 19.4 Å². The summed E-state index contributed by atoms with van der Waals surface area (Å²) < 4.78 is 35.8. The second kappa shape index (κ2) is 13.2. The first-order valence-corrected chi connectivity index (χ1v) is 15.8. The first-order chi connectivity index (χ1) is 20.7. The zero-order valence-corrected chi connectivity index (χ0v) is 24.8. The van der Waals surface area contributed by atoms with Crippen LogP contribution in [0.4, 0.5) is 0 Å². The highest BCUT2D eigenvalue weighted by Gasteiger charge is 2.29. The summed E-state index contributed by atoms with van der Waals surface area (Å²) in [6.07, 6.45) is 6.58. The van der Waals surface area contributed by atoms with Crippen molar-refractivity contribution < 1.29 is 17.3 Å². The van der Waals surface area contributed by atoms with Crippen LogP contribution in [0.1, 0.15) is 37.3 Å². The number of ether oxygens (including phenoxy) is 1. The van der Waals surface area contributed by atoms with E-state index in [4.69, 9.17) is 8.92 Å². The summed E-state index contributed by atoms with van der Waals surface area (Å²) in [7, 11) is -3.57. The predicted octanol–water partition coefficient (Wildman–Crippen LogP) is 3.84. The Morgan fingerprint density at radius 3 is 2.58 bits per heavy atom. The summed E-state index contributed by atoms with van der Waals surface area (Å²) >= 11 is 0. The van der Waals surface area contributed by atoms with Gasteiger partial charge in [-0.05, 0) is 49.6 Å². The zero-order chi connectivity index (χ0) is 30.4. The standard InChI is InChI=1S/C31H32N6O5S/c1-22(42-43(2,39)40)36-14-4-3-11-27(36)21-41-28-18-33-31(34-19-28)26-10-6-8-24(16-26)20-37-30(38)13-12-29(35-37)25-9-5-7-23(15-25)17-32/h5-10,12-13,15-16,18-19,22,27H,3-4,11,14,20-21H2,1-2H3. The normalized spacial score (nSPS) is 16.3. The molecule has 0 amide bonds. The van der Waals surface area contributed by atoms with Crippen LogP contribution in [0.25, 0.3) is 22.6 Å². The Labute approximate surface area is 250 Å². The van der Waals surface area contributed by atoms with Gasteiger partial charge in [0.25, 0.3) is 15.7 Å². The van der Waals surface area contributed by atoms with Gasteiger partial charge in [-0.25, -0.2) is 14.6 Å². The summed E-state index contributed by atoms with van der Waals surface area (Å²) in [6, 6.07) is 19.9. The van der Waals surface area contributed by atoms with E-state index in [9.17, 15) is 18.5 Å². The molecular formula is C31H32N6O5S. The third-order valence-electron chi connectivity index (χ3n) is 7.20. The van der Waals surface area contributed by atoms with Crippen LogP contribution in [-0.2, 0) is 20.8 Å². The Balaban J connectivity index is 1.25. The SMILES string of the molecule is CC(OS(C)(=O)=O)N1CCCCC1COc1cnc(-c2cccc(Cn3nc(-c4cccc(C#N)c4)ccc3=O)c2)nc1. The fraction of sp³-hybridized carbons (Fsp3) is 0.323. The quantitative estimate of drug-likeness (QED) is 0.247. The lowest BCUT2D eigenvalue weighted by molar-refractivity contribution is -0.0211. The molecule has 1 fully saturated rings. The molecule has 0 radical (unpaired) electrons. The van der Waals surface area contributed by atoms with Gasteiger partial charge in [-0.1, -0.05) is 36.8 Å². The Morgan fingerprint density at radius 2 is 1.81 bits per heavy atom. The van der Waals surface area contributed by atoms with Crippen LogP contribution >= 0.6 is 0 Å². The fourth-order valence-corrected chi connectivity index (χ4v) is 5.78. The van der Waals surface area contributed by atoms with E-state index in [1.54, 1.807) is 43.6 Å².